The summed E-state index contributed by atoms with van der Waals surface area (Å²) in [6, 6.07) is -0.752. The van der Waals surface area contributed by atoms with Crippen molar-refractivity contribution < 1.29 is 19.1 Å². The summed E-state index contributed by atoms with van der Waals surface area (Å²) in [4.78, 5) is 38.0. The van der Waals surface area contributed by atoms with Crippen LogP contribution in [0, 0.1) is 5.92 Å². The Morgan fingerprint density at radius 3 is 2.74 bits per heavy atom. The van der Waals surface area contributed by atoms with E-state index in [1.54, 1.807) is 4.90 Å². The molecule has 1 saturated heterocycles. The Labute approximate surface area is 167 Å². The van der Waals surface area contributed by atoms with Gasteiger partial charge in [-0.25, -0.2) is 0 Å². The first-order valence-electron chi connectivity index (χ1n) is 9.88. The van der Waals surface area contributed by atoms with Gasteiger partial charge in [-0.2, -0.15) is 0 Å². The van der Waals surface area contributed by atoms with Crippen LogP contribution in [0.3, 0.4) is 0 Å². The van der Waals surface area contributed by atoms with Crippen LogP contribution in [-0.2, 0) is 19.1 Å². The van der Waals surface area contributed by atoms with Crippen LogP contribution in [-0.4, -0.2) is 53.5 Å². The molecule has 0 aromatic heterocycles. The lowest BCUT2D eigenvalue weighted by molar-refractivity contribution is -0.147. The van der Waals surface area contributed by atoms with Crippen LogP contribution in [0.5, 0.6) is 0 Å². The highest BCUT2D eigenvalue weighted by Gasteiger charge is 2.34. The highest BCUT2D eigenvalue weighted by molar-refractivity contribution is 7.80. The van der Waals surface area contributed by atoms with Crippen LogP contribution in [0.15, 0.2) is 0 Å². The molecule has 1 unspecified atom stereocenters. The lowest BCUT2D eigenvalue weighted by atomic mass is 10.1. The minimum atomic E-state index is -0.752. The largest absolute Gasteiger partial charge is 0.466 e. The second kappa shape index (κ2) is 12.6. The molecule has 0 saturated carbocycles. The van der Waals surface area contributed by atoms with Crippen LogP contribution >= 0.6 is 12.2 Å². The van der Waals surface area contributed by atoms with Crippen molar-refractivity contribution in [2.75, 3.05) is 19.7 Å². The Bertz CT molecular complexity index is 525. The summed E-state index contributed by atoms with van der Waals surface area (Å²) in [7, 11) is 0. The van der Waals surface area contributed by atoms with E-state index in [2.05, 4.69) is 17.6 Å². The Hall–Kier alpha value is -1.70. The minimum absolute atomic E-state index is 0.0869. The minimum Gasteiger partial charge on any atom is -0.466 e. The number of hydrogen-bond donors (Lipinski definition) is 2. The number of ether oxygens (including phenoxy) is 1. The molecule has 1 aliphatic heterocycles. The smallest absolute Gasteiger partial charge is 0.308 e. The molecule has 0 aromatic carbocycles. The van der Waals surface area contributed by atoms with Gasteiger partial charge in [-0.15, -0.1) is 0 Å². The van der Waals surface area contributed by atoms with Crippen molar-refractivity contribution in [1.82, 2.24) is 15.5 Å². The molecule has 2 amide bonds. The molecule has 7 nitrogen and oxygen atoms in total. The normalized spacial score (nSPS) is 16.8. The predicted octanol–water partition coefficient (Wildman–Crippen LogP) is 2.14. The molecule has 154 valence electrons. The Kier molecular flexibility index (Phi) is 10.9. The number of carbonyl (C=O) groups is 3. The molecule has 0 bridgehead atoms. The summed E-state index contributed by atoms with van der Waals surface area (Å²) in [5, 5.41) is 5.63. The third-order valence-electron chi connectivity index (χ3n) is 4.41. The Morgan fingerprint density at radius 2 is 2.07 bits per heavy atom. The summed E-state index contributed by atoms with van der Waals surface area (Å²) < 4.78 is 5.21. The summed E-state index contributed by atoms with van der Waals surface area (Å²) in [5.74, 6) is -0.425. The molecule has 1 rings (SSSR count). The van der Waals surface area contributed by atoms with E-state index in [9.17, 15) is 14.4 Å². The third kappa shape index (κ3) is 9.17. The van der Waals surface area contributed by atoms with Gasteiger partial charge in [0.05, 0.1) is 13.0 Å². The van der Waals surface area contributed by atoms with Crippen molar-refractivity contribution in [2.45, 2.75) is 71.8 Å². The molecule has 27 heavy (non-hydrogen) atoms. The zero-order chi connectivity index (χ0) is 20.2. The molecular weight excluding hydrogens is 366 g/mol. The number of esters is 1. The number of hydrogen-bond acceptors (Lipinski definition) is 5. The van der Waals surface area contributed by atoms with Gasteiger partial charge in [0, 0.05) is 19.5 Å². The van der Waals surface area contributed by atoms with E-state index in [0.717, 1.165) is 32.1 Å². The van der Waals surface area contributed by atoms with Crippen molar-refractivity contribution in [1.29, 1.82) is 0 Å². The van der Waals surface area contributed by atoms with Crippen LogP contribution in [0.4, 0.5) is 0 Å². The fourth-order valence-electron chi connectivity index (χ4n) is 2.75. The fraction of sp³-hybridized carbons (Fsp3) is 0.789. The molecule has 0 aromatic rings. The van der Waals surface area contributed by atoms with Crippen LogP contribution in [0.2, 0.25) is 0 Å². The molecule has 1 aliphatic rings. The van der Waals surface area contributed by atoms with Crippen LogP contribution in [0.1, 0.15) is 65.7 Å². The first kappa shape index (κ1) is 23.3. The first-order valence-corrected chi connectivity index (χ1v) is 10.3. The molecule has 8 heteroatoms. The van der Waals surface area contributed by atoms with E-state index in [0.29, 0.717) is 32.0 Å². The molecule has 2 N–H and O–H groups in total. The van der Waals surface area contributed by atoms with Gasteiger partial charge in [0.15, 0.2) is 5.11 Å². The Morgan fingerprint density at radius 1 is 1.33 bits per heavy atom. The molecule has 1 heterocycles. The monoisotopic (exact) mass is 399 g/mol. The van der Waals surface area contributed by atoms with E-state index in [-0.39, 0.29) is 23.3 Å². The van der Waals surface area contributed by atoms with Crippen LogP contribution in [0.25, 0.3) is 0 Å². The van der Waals surface area contributed by atoms with E-state index >= 15 is 0 Å². The number of amides is 2. The maximum Gasteiger partial charge on any atom is 0.308 e. The highest BCUT2D eigenvalue weighted by Crippen LogP contribution is 2.12. The first-order chi connectivity index (χ1) is 12.8. The third-order valence-corrected chi connectivity index (χ3v) is 4.75. The van der Waals surface area contributed by atoms with Crippen molar-refractivity contribution in [2.24, 2.45) is 5.92 Å². The zero-order valence-electron chi connectivity index (χ0n) is 16.7. The molecule has 0 aliphatic carbocycles. The maximum absolute atomic E-state index is 12.2. The molecule has 0 radical (unpaired) electrons. The van der Waals surface area contributed by atoms with Gasteiger partial charge >= 0.3 is 5.97 Å². The Balaban J connectivity index is 2.53. The van der Waals surface area contributed by atoms with Gasteiger partial charge in [-0.05, 0) is 31.0 Å². The van der Waals surface area contributed by atoms with E-state index < -0.39 is 12.0 Å². The van der Waals surface area contributed by atoms with Gasteiger partial charge in [0.25, 0.3) is 0 Å². The van der Waals surface area contributed by atoms with Crippen LogP contribution < -0.4 is 10.6 Å². The average Bonchev–Trinajstić information content (AvgIpc) is 2.60. The van der Waals surface area contributed by atoms with Gasteiger partial charge in [-0.1, -0.05) is 40.0 Å². The molecule has 1 fully saturated rings. The van der Waals surface area contributed by atoms with E-state index in [4.69, 9.17) is 17.0 Å². The average molecular weight is 400 g/mol. The summed E-state index contributed by atoms with van der Waals surface area (Å²) >= 11 is 5.32. The van der Waals surface area contributed by atoms with Crippen molar-refractivity contribution in [3.05, 3.63) is 0 Å². The molecular formula is C19H33N3O4S. The SMILES string of the molecule is CCCCCCC(=O)NC(=S)N1CCNC(=O)C1CC(=O)OCCC(C)C. The number of unbranched alkanes of at least 4 members (excludes halogenated alkanes) is 3. The topological polar surface area (TPSA) is 87.7 Å². The lowest BCUT2D eigenvalue weighted by Gasteiger charge is -2.36. The van der Waals surface area contributed by atoms with Gasteiger partial charge in [0.2, 0.25) is 11.8 Å². The quantitative estimate of drug-likeness (QED) is 0.332. The van der Waals surface area contributed by atoms with Crippen molar-refractivity contribution >= 4 is 35.1 Å². The number of rotatable bonds is 10. The van der Waals surface area contributed by atoms with Gasteiger partial charge in [0.1, 0.15) is 6.04 Å². The summed E-state index contributed by atoms with van der Waals surface area (Å²) in [5.41, 5.74) is 0. The lowest BCUT2D eigenvalue weighted by Crippen LogP contribution is -2.60. The summed E-state index contributed by atoms with van der Waals surface area (Å²) in [6.07, 6.45) is 5.13. The second-order valence-electron chi connectivity index (χ2n) is 7.27. The number of thiocarbonyl (C=S) groups is 1. The van der Waals surface area contributed by atoms with E-state index in [1.165, 1.54) is 0 Å². The van der Waals surface area contributed by atoms with Crippen molar-refractivity contribution in [3.8, 4) is 0 Å². The standard InChI is InChI=1S/C19H33N3O4S/c1-4-5-6-7-8-16(23)21-19(27)22-11-10-20-18(25)15(22)13-17(24)26-12-9-14(2)3/h14-15H,4-13H2,1-3H3,(H,20,25)(H,21,23,27). The molecule has 0 spiro atoms. The number of carbonyl (C=O) groups excluding carboxylic acids is 3. The zero-order valence-corrected chi connectivity index (χ0v) is 17.5. The maximum atomic E-state index is 12.2. The number of nitrogens with one attached hydrogen (secondary N) is 2. The van der Waals surface area contributed by atoms with Crippen molar-refractivity contribution in [3.63, 3.8) is 0 Å². The fourth-order valence-corrected chi connectivity index (χ4v) is 3.08. The van der Waals surface area contributed by atoms with E-state index in [1.807, 2.05) is 13.8 Å². The van der Waals surface area contributed by atoms with Gasteiger partial charge in [-0.3, -0.25) is 14.4 Å². The predicted molar refractivity (Wildman–Crippen MR) is 108 cm³/mol. The highest BCUT2D eigenvalue weighted by atomic mass is 32.1. The molecule has 1 atom stereocenters. The number of nitrogens with zero attached hydrogens (tertiary/aromatic N) is 1. The van der Waals surface area contributed by atoms with Gasteiger partial charge < -0.3 is 20.3 Å². The second-order valence-corrected chi connectivity index (χ2v) is 7.66. The number of piperazine rings is 1. The summed E-state index contributed by atoms with van der Waals surface area (Å²) in [6.45, 7) is 7.42.